The number of hydrogen-bond acceptors (Lipinski definition) is 5. The van der Waals surface area contributed by atoms with Crippen molar-refractivity contribution in [3.05, 3.63) is 166 Å². The molecular formula is C40H36ClN2O5S2-. The van der Waals surface area contributed by atoms with Crippen molar-refractivity contribution < 1.29 is 23.4 Å². The molecule has 0 saturated carbocycles. The number of thioether (sulfide) groups is 1. The number of carboxylic acids is 1. The number of aromatic carboxylic acids is 1. The molecule has 2 atom stereocenters. The number of nitrogens with zero attached hydrogens (tertiary/aromatic N) is 1. The van der Waals surface area contributed by atoms with E-state index in [0.29, 0.717) is 36.0 Å². The summed E-state index contributed by atoms with van der Waals surface area (Å²) in [5.41, 5.74) is 6.39. The Morgan fingerprint density at radius 1 is 0.920 bits per heavy atom. The number of halogens is 1. The van der Waals surface area contributed by atoms with Gasteiger partial charge in [0, 0.05) is 56.9 Å². The number of aryl methyl sites for hydroxylation is 1. The van der Waals surface area contributed by atoms with Gasteiger partial charge in [0.1, 0.15) is 5.75 Å². The molecular weight excluding hydrogens is 688 g/mol. The van der Waals surface area contributed by atoms with Crippen molar-refractivity contribution in [2.75, 3.05) is 12.4 Å². The Kier molecular flexibility index (Phi) is 11.7. The Bertz CT molecular complexity index is 2050. The first-order chi connectivity index (χ1) is 24.3. The number of aromatic nitrogens is 1. The highest BCUT2D eigenvalue weighted by Crippen LogP contribution is 2.38. The molecule has 50 heavy (non-hydrogen) atoms. The van der Waals surface area contributed by atoms with Gasteiger partial charge in [0.05, 0.1) is 23.7 Å². The molecule has 0 spiro atoms. The third-order valence-corrected chi connectivity index (χ3v) is 10.7. The zero-order valence-electron chi connectivity index (χ0n) is 27.3. The summed E-state index contributed by atoms with van der Waals surface area (Å²) in [5.74, 6) is 0.0708. The van der Waals surface area contributed by atoms with Crippen molar-refractivity contribution in [3.63, 3.8) is 0 Å². The van der Waals surface area contributed by atoms with Gasteiger partial charge in [0.2, 0.25) is 0 Å². The quantitative estimate of drug-likeness (QED) is 0.0812. The number of hydrogen-bond donors (Lipinski definition) is 2. The first-order valence-electron chi connectivity index (χ1n) is 16.2. The van der Waals surface area contributed by atoms with E-state index in [0.717, 1.165) is 43.7 Å². The third-order valence-electron chi connectivity index (χ3n) is 8.63. The normalized spacial score (nSPS) is 12.6. The molecule has 2 N–H and O–H groups in total. The lowest BCUT2D eigenvalue weighted by Gasteiger charge is -2.27. The average Bonchev–Trinajstić information content (AvgIpc) is 3.40. The van der Waals surface area contributed by atoms with Crippen LogP contribution in [0.1, 0.15) is 44.3 Å². The second-order valence-corrected chi connectivity index (χ2v) is 14.1. The van der Waals surface area contributed by atoms with Crippen LogP contribution in [0.5, 0.6) is 5.75 Å². The molecule has 0 radical (unpaired) electrons. The lowest BCUT2D eigenvalue weighted by atomic mass is 9.97. The van der Waals surface area contributed by atoms with E-state index in [1.54, 1.807) is 23.9 Å². The van der Waals surface area contributed by atoms with Crippen LogP contribution in [-0.4, -0.2) is 42.8 Å². The molecule has 0 bridgehead atoms. The second-order valence-electron chi connectivity index (χ2n) is 11.9. The first kappa shape index (κ1) is 35.4. The van der Waals surface area contributed by atoms with Gasteiger partial charge in [-0.05, 0) is 71.6 Å². The van der Waals surface area contributed by atoms with E-state index in [-0.39, 0.29) is 11.6 Å². The number of benzene rings is 5. The SMILES string of the molecule is Cc1ccccc1SCC(Cc1c(CCOc2ccc(C(=O)O)cc2)c2ccc(Cl)cc2n1C(c1ccccc1)c1ccccc1)NS(=O)[O-]. The number of nitrogens with one attached hydrogen (secondary N) is 1. The fraction of sp³-hybridized carbons (Fsp3) is 0.175. The summed E-state index contributed by atoms with van der Waals surface area (Å²) < 4.78 is 35.8. The van der Waals surface area contributed by atoms with Crippen LogP contribution < -0.4 is 9.46 Å². The smallest absolute Gasteiger partial charge is 0.335 e. The molecule has 0 aliphatic heterocycles. The predicted molar refractivity (Wildman–Crippen MR) is 201 cm³/mol. The van der Waals surface area contributed by atoms with Gasteiger partial charge >= 0.3 is 5.97 Å². The van der Waals surface area contributed by atoms with E-state index in [1.807, 2.05) is 66.7 Å². The van der Waals surface area contributed by atoms with Crippen LogP contribution in [0.3, 0.4) is 0 Å². The second kappa shape index (κ2) is 16.6. The van der Waals surface area contributed by atoms with Crippen LogP contribution in [0.2, 0.25) is 5.02 Å². The highest BCUT2D eigenvalue weighted by atomic mass is 35.5. The fourth-order valence-electron chi connectivity index (χ4n) is 6.34. The number of carbonyl (C=O) groups is 1. The number of carboxylic acid groups (broad SMARTS) is 1. The van der Waals surface area contributed by atoms with Gasteiger partial charge in [-0.3, -0.25) is 4.21 Å². The van der Waals surface area contributed by atoms with E-state index in [1.165, 1.54) is 12.1 Å². The lowest BCUT2D eigenvalue weighted by molar-refractivity contribution is 0.0697. The van der Waals surface area contributed by atoms with Gasteiger partial charge in [-0.2, -0.15) is 0 Å². The molecule has 6 aromatic rings. The summed E-state index contributed by atoms with van der Waals surface area (Å²) >= 11 is 5.83. The summed E-state index contributed by atoms with van der Waals surface area (Å²) in [5, 5.41) is 10.9. The topological polar surface area (TPSA) is 104 Å². The zero-order chi connectivity index (χ0) is 35.0. The van der Waals surface area contributed by atoms with E-state index >= 15 is 0 Å². The predicted octanol–water partition coefficient (Wildman–Crippen LogP) is 8.65. The maximum atomic E-state index is 12.2. The highest BCUT2D eigenvalue weighted by molar-refractivity contribution is 7.99. The zero-order valence-corrected chi connectivity index (χ0v) is 29.7. The van der Waals surface area contributed by atoms with Gasteiger partial charge in [-0.1, -0.05) is 96.5 Å². The minimum Gasteiger partial charge on any atom is -0.760 e. The van der Waals surface area contributed by atoms with Crippen molar-refractivity contribution in [3.8, 4) is 5.75 Å². The average molecular weight is 724 g/mol. The Morgan fingerprint density at radius 2 is 1.56 bits per heavy atom. The molecule has 0 saturated heterocycles. The van der Waals surface area contributed by atoms with Crippen molar-refractivity contribution in [1.29, 1.82) is 0 Å². The van der Waals surface area contributed by atoms with Gasteiger partial charge < -0.3 is 19.0 Å². The minimum absolute atomic E-state index is 0.185. The maximum absolute atomic E-state index is 12.2. The Hall–Kier alpha value is -4.38. The molecule has 0 fully saturated rings. The molecule has 7 nitrogen and oxygen atoms in total. The van der Waals surface area contributed by atoms with Crippen molar-refractivity contribution in [1.82, 2.24) is 9.29 Å². The van der Waals surface area contributed by atoms with Crippen molar-refractivity contribution in [2.24, 2.45) is 0 Å². The van der Waals surface area contributed by atoms with Crippen LogP contribution in [0.15, 0.2) is 132 Å². The van der Waals surface area contributed by atoms with E-state index in [9.17, 15) is 18.7 Å². The van der Waals surface area contributed by atoms with Gasteiger partial charge in [-0.25, -0.2) is 9.52 Å². The molecule has 256 valence electrons. The fourth-order valence-corrected chi connectivity index (χ4v) is 8.10. The van der Waals surface area contributed by atoms with Crippen LogP contribution in [0.4, 0.5) is 0 Å². The number of ether oxygens (including phenoxy) is 1. The van der Waals surface area contributed by atoms with Crippen molar-refractivity contribution >= 4 is 51.5 Å². The minimum atomic E-state index is -2.50. The van der Waals surface area contributed by atoms with Crippen molar-refractivity contribution in [2.45, 2.75) is 36.7 Å². The Labute approximate surface area is 303 Å². The Morgan fingerprint density at radius 3 is 2.18 bits per heavy atom. The largest absolute Gasteiger partial charge is 0.760 e. The van der Waals surface area contributed by atoms with E-state index < -0.39 is 23.3 Å². The summed E-state index contributed by atoms with van der Waals surface area (Å²) in [4.78, 5) is 12.5. The highest BCUT2D eigenvalue weighted by Gasteiger charge is 2.27. The lowest BCUT2D eigenvalue weighted by Crippen LogP contribution is -2.36. The van der Waals surface area contributed by atoms with Crippen LogP contribution >= 0.6 is 23.4 Å². The Balaban J connectivity index is 1.48. The maximum Gasteiger partial charge on any atom is 0.335 e. The summed E-state index contributed by atoms with van der Waals surface area (Å²) in [6.07, 6.45) is 0.910. The van der Waals surface area contributed by atoms with Crippen LogP contribution in [0, 0.1) is 6.92 Å². The van der Waals surface area contributed by atoms with Gasteiger partial charge in [0.15, 0.2) is 0 Å². The molecule has 0 amide bonds. The third kappa shape index (κ3) is 8.49. The summed E-state index contributed by atoms with van der Waals surface area (Å²) in [6.45, 7) is 2.36. The molecule has 10 heteroatoms. The molecule has 2 unspecified atom stereocenters. The molecule has 0 aliphatic rings. The number of rotatable bonds is 15. The molecule has 5 aromatic carbocycles. The first-order valence-corrected chi connectivity index (χ1v) is 18.6. The monoisotopic (exact) mass is 723 g/mol. The molecule has 0 aliphatic carbocycles. The van der Waals surface area contributed by atoms with E-state index in [2.05, 4.69) is 52.6 Å². The summed E-state index contributed by atoms with van der Waals surface area (Å²) in [7, 11) is 0. The van der Waals surface area contributed by atoms with Crippen LogP contribution in [-0.2, 0) is 24.1 Å². The standard InChI is InChI=1S/C40H37ClN2O5S2/c1-27-10-8-9-15-38(27)49-26-32(42-50(46)47)25-37-35(22-23-48-33-19-16-30(17-20-33)40(44)45)34-21-18-31(41)24-36(34)43(37)39(28-11-4-2-5-12-28)29-13-6-3-7-14-29/h2-21,24,32,39,42H,22-23,25-26H2,1H3,(H,44,45)(H,46,47)/p-1. The van der Waals surface area contributed by atoms with Crippen LogP contribution in [0.25, 0.3) is 10.9 Å². The van der Waals surface area contributed by atoms with E-state index in [4.69, 9.17) is 16.3 Å². The molecule has 1 aromatic heterocycles. The van der Waals surface area contributed by atoms with Gasteiger partial charge in [0.25, 0.3) is 0 Å². The summed E-state index contributed by atoms with van der Waals surface area (Å²) in [6, 6.07) is 40.2. The van der Waals surface area contributed by atoms with Gasteiger partial charge in [-0.15, -0.1) is 11.8 Å². The molecule has 1 heterocycles. The molecule has 6 rings (SSSR count). The number of fused-ring (bicyclic) bond motifs is 1.